The van der Waals surface area contributed by atoms with Crippen molar-refractivity contribution in [2.75, 3.05) is 10.6 Å². The van der Waals surface area contributed by atoms with Crippen molar-refractivity contribution in [2.24, 2.45) is 0 Å². The molecule has 0 atom stereocenters. The fourth-order valence-corrected chi connectivity index (χ4v) is 2.67. The van der Waals surface area contributed by atoms with E-state index in [0.29, 0.717) is 5.56 Å². The number of halogens is 1. The zero-order valence-corrected chi connectivity index (χ0v) is 14.7. The van der Waals surface area contributed by atoms with Crippen LogP contribution in [0.25, 0.3) is 0 Å². The number of nitrogens with zero attached hydrogens (tertiary/aromatic N) is 1. The van der Waals surface area contributed by atoms with E-state index in [1.54, 1.807) is 18.5 Å². The summed E-state index contributed by atoms with van der Waals surface area (Å²) in [7, 11) is 0. The molecular formula is C19H16BrN3O. The highest BCUT2D eigenvalue weighted by molar-refractivity contribution is 9.10. The van der Waals surface area contributed by atoms with Crippen molar-refractivity contribution in [3.63, 3.8) is 0 Å². The fourth-order valence-electron chi connectivity index (χ4n) is 2.27. The van der Waals surface area contributed by atoms with Gasteiger partial charge in [-0.05, 0) is 42.8 Å². The van der Waals surface area contributed by atoms with E-state index in [-0.39, 0.29) is 5.91 Å². The van der Waals surface area contributed by atoms with E-state index >= 15 is 0 Å². The molecule has 0 unspecified atom stereocenters. The van der Waals surface area contributed by atoms with Gasteiger partial charge in [0.25, 0.3) is 5.91 Å². The molecule has 0 aliphatic carbocycles. The Morgan fingerprint density at radius 1 is 1.00 bits per heavy atom. The minimum absolute atomic E-state index is 0.200. The molecule has 1 heterocycles. The average molecular weight is 382 g/mol. The summed E-state index contributed by atoms with van der Waals surface area (Å²) in [6.07, 6.45) is 3.25. The minimum atomic E-state index is -0.200. The molecule has 0 spiro atoms. The number of para-hydroxylation sites is 1. The molecule has 0 fully saturated rings. The van der Waals surface area contributed by atoms with E-state index in [1.807, 2.05) is 55.5 Å². The van der Waals surface area contributed by atoms with Crippen LogP contribution in [0.1, 0.15) is 15.9 Å². The molecule has 0 aliphatic rings. The summed E-state index contributed by atoms with van der Waals surface area (Å²) < 4.78 is 0.911. The number of anilines is 3. The Morgan fingerprint density at radius 2 is 1.83 bits per heavy atom. The molecule has 1 aromatic heterocycles. The summed E-state index contributed by atoms with van der Waals surface area (Å²) in [5.74, 6) is -0.200. The van der Waals surface area contributed by atoms with Crippen LogP contribution in [0.2, 0.25) is 0 Å². The molecule has 0 saturated carbocycles. The lowest BCUT2D eigenvalue weighted by atomic mass is 10.2. The number of benzene rings is 2. The van der Waals surface area contributed by atoms with Gasteiger partial charge in [0.05, 0.1) is 17.4 Å². The van der Waals surface area contributed by atoms with Crippen LogP contribution in [0.3, 0.4) is 0 Å². The average Bonchev–Trinajstić information content (AvgIpc) is 2.57. The Kier molecular flexibility index (Phi) is 4.91. The number of carbonyl (C=O) groups excluding carboxylic acids is 1. The van der Waals surface area contributed by atoms with Crippen molar-refractivity contribution in [3.8, 4) is 0 Å². The first kappa shape index (κ1) is 16.2. The molecule has 3 aromatic rings. The van der Waals surface area contributed by atoms with Crippen molar-refractivity contribution in [3.05, 3.63) is 82.6 Å². The molecule has 3 rings (SSSR count). The van der Waals surface area contributed by atoms with E-state index in [2.05, 4.69) is 31.5 Å². The molecule has 4 nitrogen and oxygen atoms in total. The van der Waals surface area contributed by atoms with Gasteiger partial charge in [0, 0.05) is 22.0 Å². The van der Waals surface area contributed by atoms with Crippen LogP contribution in [0.4, 0.5) is 17.1 Å². The van der Waals surface area contributed by atoms with Gasteiger partial charge in [-0.1, -0.05) is 40.2 Å². The summed E-state index contributed by atoms with van der Waals surface area (Å²) in [5.41, 5.74) is 4.11. The second-order valence-corrected chi connectivity index (χ2v) is 6.28. The number of amides is 1. The molecule has 5 heteroatoms. The van der Waals surface area contributed by atoms with Crippen molar-refractivity contribution in [2.45, 2.75) is 6.92 Å². The van der Waals surface area contributed by atoms with Gasteiger partial charge < -0.3 is 10.6 Å². The van der Waals surface area contributed by atoms with Gasteiger partial charge in [-0.2, -0.15) is 0 Å². The highest BCUT2D eigenvalue weighted by Gasteiger charge is 2.08. The first-order valence-corrected chi connectivity index (χ1v) is 8.26. The van der Waals surface area contributed by atoms with E-state index in [9.17, 15) is 4.79 Å². The zero-order chi connectivity index (χ0) is 16.9. The summed E-state index contributed by atoms with van der Waals surface area (Å²) >= 11 is 3.39. The SMILES string of the molecule is Cc1ccccc1Nc1cncc(C(=O)Nc2cccc(Br)c2)c1. The van der Waals surface area contributed by atoms with E-state index in [1.165, 1.54) is 0 Å². The number of carbonyl (C=O) groups is 1. The maximum Gasteiger partial charge on any atom is 0.257 e. The maximum atomic E-state index is 12.4. The van der Waals surface area contributed by atoms with Crippen LogP contribution in [0, 0.1) is 6.92 Å². The van der Waals surface area contributed by atoms with Crippen LogP contribution < -0.4 is 10.6 Å². The number of hydrogen-bond donors (Lipinski definition) is 2. The summed E-state index contributed by atoms with van der Waals surface area (Å²) in [4.78, 5) is 16.6. The molecule has 24 heavy (non-hydrogen) atoms. The van der Waals surface area contributed by atoms with Crippen LogP contribution >= 0.6 is 15.9 Å². The van der Waals surface area contributed by atoms with Crippen molar-refractivity contribution in [1.29, 1.82) is 0 Å². The van der Waals surface area contributed by atoms with Gasteiger partial charge in [0.15, 0.2) is 0 Å². The van der Waals surface area contributed by atoms with Crippen LogP contribution in [0.5, 0.6) is 0 Å². The lowest BCUT2D eigenvalue weighted by Crippen LogP contribution is -2.12. The Balaban J connectivity index is 1.77. The monoisotopic (exact) mass is 381 g/mol. The normalized spacial score (nSPS) is 10.2. The van der Waals surface area contributed by atoms with Crippen molar-refractivity contribution >= 4 is 38.9 Å². The van der Waals surface area contributed by atoms with Crippen molar-refractivity contribution < 1.29 is 4.79 Å². The fraction of sp³-hybridized carbons (Fsp3) is 0.0526. The maximum absolute atomic E-state index is 12.4. The van der Waals surface area contributed by atoms with Crippen LogP contribution in [0.15, 0.2) is 71.5 Å². The van der Waals surface area contributed by atoms with Gasteiger partial charge in [-0.3, -0.25) is 9.78 Å². The smallest absolute Gasteiger partial charge is 0.257 e. The lowest BCUT2D eigenvalue weighted by molar-refractivity contribution is 0.102. The zero-order valence-electron chi connectivity index (χ0n) is 13.1. The third kappa shape index (κ3) is 4.00. The predicted octanol–water partition coefficient (Wildman–Crippen LogP) is 5.15. The Bertz CT molecular complexity index is 880. The van der Waals surface area contributed by atoms with Gasteiger partial charge >= 0.3 is 0 Å². The highest BCUT2D eigenvalue weighted by Crippen LogP contribution is 2.21. The topological polar surface area (TPSA) is 54.0 Å². The second kappa shape index (κ2) is 7.27. The number of pyridine rings is 1. The van der Waals surface area contributed by atoms with E-state index in [0.717, 1.165) is 27.1 Å². The predicted molar refractivity (Wildman–Crippen MR) is 101 cm³/mol. The third-order valence-corrected chi connectivity index (χ3v) is 4.00. The molecule has 1 amide bonds. The quantitative estimate of drug-likeness (QED) is 0.656. The van der Waals surface area contributed by atoms with E-state index in [4.69, 9.17) is 0 Å². The molecule has 2 aromatic carbocycles. The van der Waals surface area contributed by atoms with Gasteiger partial charge in [-0.25, -0.2) is 0 Å². The number of nitrogens with one attached hydrogen (secondary N) is 2. The number of hydrogen-bond acceptors (Lipinski definition) is 3. The number of rotatable bonds is 4. The van der Waals surface area contributed by atoms with Crippen molar-refractivity contribution in [1.82, 2.24) is 4.98 Å². The Hall–Kier alpha value is -2.66. The third-order valence-electron chi connectivity index (χ3n) is 3.51. The second-order valence-electron chi connectivity index (χ2n) is 5.37. The molecule has 0 aliphatic heterocycles. The van der Waals surface area contributed by atoms with Crippen LogP contribution in [-0.2, 0) is 0 Å². The molecular weight excluding hydrogens is 366 g/mol. The summed E-state index contributed by atoms with van der Waals surface area (Å²) in [6, 6.07) is 17.2. The molecule has 0 bridgehead atoms. The standard InChI is InChI=1S/C19H16BrN3O/c1-13-5-2-3-8-18(13)22-17-9-14(11-21-12-17)19(24)23-16-7-4-6-15(20)10-16/h2-12,22H,1H3,(H,23,24). The highest BCUT2D eigenvalue weighted by atomic mass is 79.9. The molecule has 0 radical (unpaired) electrons. The first-order chi connectivity index (χ1) is 11.6. The lowest BCUT2D eigenvalue weighted by Gasteiger charge is -2.10. The van der Waals surface area contributed by atoms with Gasteiger partial charge in [0.1, 0.15) is 0 Å². The van der Waals surface area contributed by atoms with E-state index < -0.39 is 0 Å². The minimum Gasteiger partial charge on any atom is -0.354 e. The van der Waals surface area contributed by atoms with Gasteiger partial charge in [0.2, 0.25) is 0 Å². The first-order valence-electron chi connectivity index (χ1n) is 7.46. The van der Waals surface area contributed by atoms with Crippen LogP contribution in [-0.4, -0.2) is 10.9 Å². The number of aryl methyl sites for hydroxylation is 1. The largest absolute Gasteiger partial charge is 0.354 e. The Labute approximate surface area is 149 Å². The summed E-state index contributed by atoms with van der Waals surface area (Å²) in [5, 5.41) is 6.16. The molecule has 2 N–H and O–H groups in total. The summed E-state index contributed by atoms with van der Waals surface area (Å²) in [6.45, 7) is 2.03. The molecule has 120 valence electrons. The molecule has 0 saturated heterocycles. The van der Waals surface area contributed by atoms with Gasteiger partial charge in [-0.15, -0.1) is 0 Å². The Morgan fingerprint density at radius 3 is 2.62 bits per heavy atom. The number of aromatic nitrogens is 1.